The van der Waals surface area contributed by atoms with Crippen LogP contribution in [-0.2, 0) is 12.3 Å². The van der Waals surface area contributed by atoms with Crippen LogP contribution in [0.3, 0.4) is 0 Å². The third-order valence-electron chi connectivity index (χ3n) is 5.92. The van der Waals surface area contributed by atoms with Crippen LogP contribution in [0.5, 0.6) is 11.5 Å². The largest absolute Gasteiger partial charge is 0.454 e. The summed E-state index contributed by atoms with van der Waals surface area (Å²) in [7, 11) is 0. The number of hydrogen-bond donors (Lipinski definition) is 0. The molecule has 0 atom stereocenters. The van der Waals surface area contributed by atoms with Crippen LogP contribution in [0.25, 0.3) is 0 Å². The van der Waals surface area contributed by atoms with Crippen molar-refractivity contribution >= 4 is 29.3 Å². The standard InChI is InChI=1S/C26H25ClN2O3S/c27-22-6-8-23(9-7-22)33-17-19-1-4-21(5-2-19)26(30)29-13-11-28(12-14-29)16-20-3-10-24-25(15-20)32-18-31-24/h1-10,15H,11-14,16-18H2. The smallest absolute Gasteiger partial charge is 0.253 e. The summed E-state index contributed by atoms with van der Waals surface area (Å²) in [5.74, 6) is 2.59. The molecule has 3 aromatic rings. The van der Waals surface area contributed by atoms with E-state index >= 15 is 0 Å². The Labute approximate surface area is 203 Å². The van der Waals surface area contributed by atoms with E-state index < -0.39 is 0 Å². The molecule has 0 N–H and O–H groups in total. The molecular formula is C26H25ClN2O3S. The van der Waals surface area contributed by atoms with E-state index in [0.717, 1.165) is 60.6 Å². The molecule has 2 aliphatic heterocycles. The van der Waals surface area contributed by atoms with Crippen molar-refractivity contribution in [3.05, 3.63) is 88.4 Å². The summed E-state index contributed by atoms with van der Waals surface area (Å²) in [6.45, 7) is 4.32. The fourth-order valence-corrected chi connectivity index (χ4v) is 5.01. The van der Waals surface area contributed by atoms with E-state index in [-0.39, 0.29) is 5.91 Å². The van der Waals surface area contributed by atoms with E-state index in [1.165, 1.54) is 16.0 Å². The lowest BCUT2D eigenvalue weighted by molar-refractivity contribution is 0.0628. The molecule has 0 saturated carbocycles. The Morgan fingerprint density at radius 2 is 1.55 bits per heavy atom. The molecule has 0 aliphatic carbocycles. The van der Waals surface area contributed by atoms with Crippen molar-refractivity contribution in [1.82, 2.24) is 9.80 Å². The Morgan fingerprint density at radius 3 is 2.30 bits per heavy atom. The first-order chi connectivity index (χ1) is 16.1. The summed E-state index contributed by atoms with van der Waals surface area (Å²) in [6.07, 6.45) is 0. The Morgan fingerprint density at radius 1 is 0.848 bits per heavy atom. The Balaban J connectivity index is 1.11. The van der Waals surface area contributed by atoms with Crippen LogP contribution in [0.1, 0.15) is 21.5 Å². The maximum absolute atomic E-state index is 13.0. The van der Waals surface area contributed by atoms with Crippen LogP contribution in [0.2, 0.25) is 5.02 Å². The summed E-state index contributed by atoms with van der Waals surface area (Å²) in [5.41, 5.74) is 3.14. The summed E-state index contributed by atoms with van der Waals surface area (Å²) in [6, 6.07) is 21.9. The fourth-order valence-electron chi connectivity index (χ4n) is 4.03. The highest BCUT2D eigenvalue weighted by molar-refractivity contribution is 7.98. The molecule has 1 amide bonds. The molecule has 1 saturated heterocycles. The second-order valence-corrected chi connectivity index (χ2v) is 9.68. The minimum atomic E-state index is 0.106. The van der Waals surface area contributed by atoms with Crippen LogP contribution >= 0.6 is 23.4 Å². The van der Waals surface area contributed by atoms with Gasteiger partial charge in [0.2, 0.25) is 6.79 Å². The predicted molar refractivity (Wildman–Crippen MR) is 131 cm³/mol. The second-order valence-electron chi connectivity index (χ2n) is 8.20. The molecule has 2 aliphatic rings. The highest BCUT2D eigenvalue weighted by Crippen LogP contribution is 2.33. The molecule has 0 aromatic heterocycles. The van der Waals surface area contributed by atoms with Gasteiger partial charge in [0.25, 0.3) is 5.91 Å². The molecule has 5 rings (SSSR count). The first-order valence-corrected chi connectivity index (χ1v) is 12.4. The molecule has 33 heavy (non-hydrogen) atoms. The first-order valence-electron chi connectivity index (χ1n) is 11.0. The highest BCUT2D eigenvalue weighted by Gasteiger charge is 2.23. The van der Waals surface area contributed by atoms with Crippen molar-refractivity contribution in [2.75, 3.05) is 33.0 Å². The minimum Gasteiger partial charge on any atom is -0.454 e. The molecule has 0 radical (unpaired) electrons. The summed E-state index contributed by atoms with van der Waals surface area (Å²) >= 11 is 7.70. The zero-order valence-corrected chi connectivity index (χ0v) is 19.8. The first kappa shape index (κ1) is 22.1. The van der Waals surface area contributed by atoms with E-state index in [9.17, 15) is 4.79 Å². The number of hydrogen-bond acceptors (Lipinski definition) is 5. The van der Waals surface area contributed by atoms with E-state index in [0.29, 0.717) is 6.79 Å². The van der Waals surface area contributed by atoms with Crippen LogP contribution in [-0.4, -0.2) is 48.7 Å². The number of piperazine rings is 1. The van der Waals surface area contributed by atoms with E-state index in [1.807, 2.05) is 65.6 Å². The average Bonchev–Trinajstić information content (AvgIpc) is 3.32. The van der Waals surface area contributed by atoms with Gasteiger partial charge < -0.3 is 14.4 Å². The van der Waals surface area contributed by atoms with Crippen LogP contribution in [0, 0.1) is 0 Å². The SMILES string of the molecule is O=C(c1ccc(CSc2ccc(Cl)cc2)cc1)N1CCN(Cc2ccc3c(c2)OCO3)CC1. The second kappa shape index (κ2) is 10.1. The molecule has 0 unspecified atom stereocenters. The number of nitrogens with zero attached hydrogens (tertiary/aromatic N) is 2. The van der Waals surface area contributed by atoms with Crippen molar-refractivity contribution in [1.29, 1.82) is 0 Å². The lowest BCUT2D eigenvalue weighted by atomic mass is 10.1. The maximum Gasteiger partial charge on any atom is 0.253 e. The van der Waals surface area contributed by atoms with Gasteiger partial charge in [-0.05, 0) is 59.7 Å². The molecular weight excluding hydrogens is 456 g/mol. The minimum absolute atomic E-state index is 0.106. The zero-order chi connectivity index (χ0) is 22.6. The lowest BCUT2D eigenvalue weighted by Gasteiger charge is -2.34. The third kappa shape index (κ3) is 5.46. The van der Waals surface area contributed by atoms with Gasteiger partial charge in [0.15, 0.2) is 11.5 Å². The summed E-state index contributed by atoms with van der Waals surface area (Å²) in [4.78, 5) is 18.5. The number of ether oxygens (including phenoxy) is 2. The van der Waals surface area contributed by atoms with E-state index in [1.54, 1.807) is 11.8 Å². The van der Waals surface area contributed by atoms with Crippen molar-refractivity contribution in [3.8, 4) is 11.5 Å². The maximum atomic E-state index is 13.0. The molecule has 2 heterocycles. The van der Waals surface area contributed by atoms with Gasteiger partial charge in [-0.2, -0.15) is 0 Å². The number of amides is 1. The van der Waals surface area contributed by atoms with Gasteiger partial charge in [0, 0.05) is 54.0 Å². The lowest BCUT2D eigenvalue weighted by Crippen LogP contribution is -2.48. The van der Waals surface area contributed by atoms with E-state index in [2.05, 4.69) is 11.0 Å². The summed E-state index contributed by atoms with van der Waals surface area (Å²) < 4.78 is 10.9. The third-order valence-corrected chi connectivity index (χ3v) is 7.26. The van der Waals surface area contributed by atoms with Gasteiger partial charge in [-0.15, -0.1) is 11.8 Å². The quantitative estimate of drug-likeness (QED) is 0.447. The molecule has 7 heteroatoms. The monoisotopic (exact) mass is 480 g/mol. The number of rotatable bonds is 6. The molecule has 0 spiro atoms. The number of carbonyl (C=O) groups excluding carboxylic acids is 1. The van der Waals surface area contributed by atoms with Crippen LogP contribution in [0.4, 0.5) is 0 Å². The van der Waals surface area contributed by atoms with Crippen LogP contribution < -0.4 is 9.47 Å². The van der Waals surface area contributed by atoms with Crippen LogP contribution in [0.15, 0.2) is 71.6 Å². The number of fused-ring (bicyclic) bond motifs is 1. The van der Waals surface area contributed by atoms with Gasteiger partial charge in [-0.3, -0.25) is 9.69 Å². The Hall–Kier alpha value is -2.67. The van der Waals surface area contributed by atoms with Gasteiger partial charge in [-0.1, -0.05) is 29.8 Å². The Bertz CT molecular complexity index is 1110. The number of carbonyl (C=O) groups is 1. The molecule has 0 bridgehead atoms. The number of halogens is 1. The van der Waals surface area contributed by atoms with Crippen molar-refractivity contribution < 1.29 is 14.3 Å². The molecule has 1 fully saturated rings. The molecule has 5 nitrogen and oxygen atoms in total. The normalized spacial score (nSPS) is 15.6. The zero-order valence-electron chi connectivity index (χ0n) is 18.2. The van der Waals surface area contributed by atoms with Gasteiger partial charge >= 0.3 is 0 Å². The van der Waals surface area contributed by atoms with Crippen molar-refractivity contribution in [2.24, 2.45) is 0 Å². The Kier molecular flexibility index (Phi) is 6.76. The average molecular weight is 481 g/mol. The van der Waals surface area contributed by atoms with Crippen molar-refractivity contribution in [2.45, 2.75) is 17.2 Å². The fraction of sp³-hybridized carbons (Fsp3) is 0.269. The topological polar surface area (TPSA) is 42.0 Å². The van der Waals surface area contributed by atoms with Gasteiger partial charge in [0.1, 0.15) is 0 Å². The number of benzene rings is 3. The predicted octanol–water partition coefficient (Wildman–Crippen LogP) is 5.32. The number of thioether (sulfide) groups is 1. The van der Waals surface area contributed by atoms with E-state index in [4.69, 9.17) is 21.1 Å². The molecule has 170 valence electrons. The van der Waals surface area contributed by atoms with Gasteiger partial charge in [0.05, 0.1) is 0 Å². The highest BCUT2D eigenvalue weighted by atomic mass is 35.5. The molecule has 3 aromatic carbocycles. The van der Waals surface area contributed by atoms with Crippen molar-refractivity contribution in [3.63, 3.8) is 0 Å². The van der Waals surface area contributed by atoms with Gasteiger partial charge in [-0.25, -0.2) is 0 Å². The summed E-state index contributed by atoms with van der Waals surface area (Å²) in [5, 5.41) is 0.746.